The Kier molecular flexibility index (Phi) is 4.42. The van der Waals surface area contributed by atoms with E-state index in [-0.39, 0.29) is 6.09 Å². The first-order valence-corrected chi connectivity index (χ1v) is 7.22. The summed E-state index contributed by atoms with van der Waals surface area (Å²) in [5, 5.41) is 1.77. The van der Waals surface area contributed by atoms with Crippen LogP contribution in [0, 0.1) is 0 Å². The number of hydrogen-bond acceptors (Lipinski definition) is 2. The lowest BCUT2D eigenvalue weighted by Gasteiger charge is -2.08. The molecule has 2 aromatic rings. The normalized spacial score (nSPS) is 10.8. The van der Waals surface area contributed by atoms with Crippen molar-refractivity contribution in [3.63, 3.8) is 0 Å². The van der Waals surface area contributed by atoms with Gasteiger partial charge in [0.25, 0.3) is 0 Å². The molecule has 4 heteroatoms. The zero-order valence-electron chi connectivity index (χ0n) is 10.4. The average molecular weight is 310 g/mol. The van der Waals surface area contributed by atoms with Crippen molar-refractivity contribution in [2.24, 2.45) is 0 Å². The Hall–Kier alpha value is -1.29. The maximum absolute atomic E-state index is 12.0. The van der Waals surface area contributed by atoms with Crippen molar-refractivity contribution in [3.8, 4) is 0 Å². The van der Waals surface area contributed by atoms with Crippen molar-refractivity contribution in [1.29, 1.82) is 0 Å². The fraction of sp³-hybridized carbons (Fsp3) is 0.357. The third-order valence-corrected chi connectivity index (χ3v) is 3.46. The number of unbranched alkanes of at least 4 members (excludes halogenated alkanes) is 1. The van der Waals surface area contributed by atoms with Crippen LogP contribution in [-0.4, -0.2) is 17.3 Å². The first kappa shape index (κ1) is 13.1. The van der Waals surface area contributed by atoms with E-state index in [2.05, 4.69) is 22.9 Å². The van der Waals surface area contributed by atoms with Crippen molar-refractivity contribution in [3.05, 3.63) is 36.0 Å². The first-order chi connectivity index (χ1) is 8.77. The molecule has 1 heterocycles. The summed E-state index contributed by atoms with van der Waals surface area (Å²) in [7, 11) is 0. The van der Waals surface area contributed by atoms with Crippen LogP contribution in [-0.2, 0) is 10.1 Å². The smallest absolute Gasteiger partial charge is 0.418 e. The van der Waals surface area contributed by atoms with Gasteiger partial charge in [0.1, 0.15) is 0 Å². The van der Waals surface area contributed by atoms with E-state index in [4.69, 9.17) is 4.74 Å². The van der Waals surface area contributed by atoms with Gasteiger partial charge in [0.2, 0.25) is 0 Å². The van der Waals surface area contributed by atoms with E-state index in [1.807, 2.05) is 24.3 Å². The van der Waals surface area contributed by atoms with Crippen LogP contribution >= 0.6 is 15.9 Å². The number of halogens is 1. The molecule has 0 atom stereocenters. The zero-order valence-corrected chi connectivity index (χ0v) is 11.9. The Morgan fingerprint density at radius 2 is 2.22 bits per heavy atom. The second-order valence-electron chi connectivity index (χ2n) is 4.14. The zero-order chi connectivity index (χ0) is 13.0. The Balaban J connectivity index is 2.30. The average Bonchev–Trinajstić information content (AvgIpc) is 2.82. The highest BCUT2D eigenvalue weighted by atomic mass is 79.9. The van der Waals surface area contributed by atoms with Gasteiger partial charge >= 0.3 is 6.09 Å². The molecule has 0 aliphatic carbocycles. The number of carbonyl (C=O) groups is 1. The van der Waals surface area contributed by atoms with Gasteiger partial charge in [-0.1, -0.05) is 47.5 Å². The number of nitrogens with zero attached hydrogens (tertiary/aromatic N) is 1. The molecule has 0 radical (unpaired) electrons. The van der Waals surface area contributed by atoms with Crippen molar-refractivity contribution in [2.45, 2.75) is 25.1 Å². The van der Waals surface area contributed by atoms with Gasteiger partial charge in [-0.15, -0.1) is 0 Å². The molecule has 3 nitrogen and oxygen atoms in total. The van der Waals surface area contributed by atoms with Gasteiger partial charge in [-0.25, -0.2) is 4.79 Å². The van der Waals surface area contributed by atoms with Crippen molar-refractivity contribution < 1.29 is 9.53 Å². The number of carbonyl (C=O) groups excluding carboxylic acids is 1. The minimum Gasteiger partial charge on any atom is -0.449 e. The minimum absolute atomic E-state index is 0.299. The molecule has 0 unspecified atom stereocenters. The van der Waals surface area contributed by atoms with E-state index in [9.17, 15) is 4.79 Å². The topological polar surface area (TPSA) is 31.2 Å². The third-order valence-electron chi connectivity index (χ3n) is 2.86. The molecule has 0 N–H and O–H groups in total. The lowest BCUT2D eigenvalue weighted by molar-refractivity contribution is 0.147. The van der Waals surface area contributed by atoms with Gasteiger partial charge in [0, 0.05) is 16.9 Å². The predicted molar refractivity (Wildman–Crippen MR) is 76.2 cm³/mol. The lowest BCUT2D eigenvalue weighted by Crippen LogP contribution is -2.13. The van der Waals surface area contributed by atoms with Crippen LogP contribution in [0.4, 0.5) is 4.79 Å². The van der Waals surface area contributed by atoms with Gasteiger partial charge < -0.3 is 4.74 Å². The maximum atomic E-state index is 12.0. The highest BCUT2D eigenvalue weighted by molar-refractivity contribution is 9.08. The summed E-state index contributed by atoms with van der Waals surface area (Å²) in [6, 6.07) is 7.93. The van der Waals surface area contributed by atoms with Crippen LogP contribution in [0.1, 0.15) is 25.3 Å². The molecular weight excluding hydrogens is 294 g/mol. The molecule has 0 saturated carbocycles. The maximum Gasteiger partial charge on any atom is 0.418 e. The molecule has 0 fully saturated rings. The minimum atomic E-state index is -0.299. The Morgan fingerprint density at radius 1 is 1.39 bits per heavy atom. The highest BCUT2D eigenvalue weighted by Gasteiger charge is 2.12. The molecule has 0 spiro atoms. The predicted octanol–water partition coefficient (Wildman–Crippen LogP) is 4.32. The number of alkyl halides is 1. The van der Waals surface area contributed by atoms with Crippen LogP contribution < -0.4 is 0 Å². The summed E-state index contributed by atoms with van der Waals surface area (Å²) in [5.74, 6) is 0. The van der Waals surface area contributed by atoms with Gasteiger partial charge in [-0.2, -0.15) is 0 Å². The van der Waals surface area contributed by atoms with Crippen LogP contribution in [0.5, 0.6) is 0 Å². The molecule has 1 aromatic heterocycles. The van der Waals surface area contributed by atoms with Gasteiger partial charge in [0.15, 0.2) is 0 Å². The number of ether oxygens (including phenoxy) is 1. The summed E-state index contributed by atoms with van der Waals surface area (Å²) < 4.78 is 6.83. The van der Waals surface area contributed by atoms with Gasteiger partial charge in [0.05, 0.1) is 12.1 Å². The van der Waals surface area contributed by atoms with Crippen LogP contribution in [0.15, 0.2) is 30.5 Å². The van der Waals surface area contributed by atoms with E-state index < -0.39 is 0 Å². The number of para-hydroxylation sites is 1. The Labute approximate surface area is 115 Å². The van der Waals surface area contributed by atoms with Crippen LogP contribution in [0.25, 0.3) is 10.9 Å². The number of benzene rings is 1. The van der Waals surface area contributed by atoms with E-state index in [0.717, 1.165) is 34.6 Å². The molecule has 0 amide bonds. The Bertz CT molecular complexity index is 548. The van der Waals surface area contributed by atoms with E-state index >= 15 is 0 Å². The van der Waals surface area contributed by atoms with Gasteiger partial charge in [-0.3, -0.25) is 4.57 Å². The van der Waals surface area contributed by atoms with E-state index in [1.54, 1.807) is 10.8 Å². The quantitative estimate of drug-likeness (QED) is 0.622. The largest absolute Gasteiger partial charge is 0.449 e. The monoisotopic (exact) mass is 309 g/mol. The second-order valence-corrected chi connectivity index (χ2v) is 4.70. The van der Waals surface area contributed by atoms with Crippen molar-refractivity contribution in [2.75, 3.05) is 6.61 Å². The number of rotatable bonds is 4. The fourth-order valence-corrected chi connectivity index (χ4v) is 2.35. The molecule has 0 aliphatic rings. The summed E-state index contributed by atoms with van der Waals surface area (Å²) in [5.41, 5.74) is 2.01. The molecule has 0 bridgehead atoms. The number of hydrogen-bond donors (Lipinski definition) is 0. The van der Waals surface area contributed by atoms with E-state index in [0.29, 0.717) is 6.61 Å². The standard InChI is InChI=1S/C14H16BrNO2/c1-2-3-9-18-14(17)16-8-7-11-5-4-6-12(10-15)13(11)16/h4-8H,2-3,9-10H2,1H3. The van der Waals surface area contributed by atoms with Crippen molar-refractivity contribution in [1.82, 2.24) is 4.57 Å². The third kappa shape index (κ3) is 2.58. The Morgan fingerprint density at radius 3 is 2.94 bits per heavy atom. The summed E-state index contributed by atoms with van der Waals surface area (Å²) in [6.07, 6.45) is 3.39. The van der Waals surface area contributed by atoms with Crippen molar-refractivity contribution >= 4 is 32.9 Å². The highest BCUT2D eigenvalue weighted by Crippen LogP contribution is 2.22. The molecule has 0 aliphatic heterocycles. The summed E-state index contributed by atoms with van der Waals surface area (Å²) in [6.45, 7) is 2.55. The summed E-state index contributed by atoms with van der Waals surface area (Å²) >= 11 is 3.45. The lowest BCUT2D eigenvalue weighted by atomic mass is 10.2. The molecule has 0 saturated heterocycles. The SMILES string of the molecule is CCCCOC(=O)n1ccc2cccc(CBr)c21. The molecular formula is C14H16BrNO2. The van der Waals surface area contributed by atoms with Gasteiger partial charge in [-0.05, 0) is 18.1 Å². The summed E-state index contributed by atoms with van der Waals surface area (Å²) in [4.78, 5) is 12.0. The number of aromatic nitrogens is 1. The molecule has 96 valence electrons. The van der Waals surface area contributed by atoms with E-state index in [1.165, 1.54) is 0 Å². The molecule has 18 heavy (non-hydrogen) atoms. The first-order valence-electron chi connectivity index (χ1n) is 6.10. The molecule has 1 aromatic carbocycles. The number of fused-ring (bicyclic) bond motifs is 1. The van der Waals surface area contributed by atoms with Crippen LogP contribution in [0.3, 0.4) is 0 Å². The second kappa shape index (κ2) is 6.05. The van der Waals surface area contributed by atoms with Crippen LogP contribution in [0.2, 0.25) is 0 Å². The fourth-order valence-electron chi connectivity index (χ4n) is 1.90. The molecule has 2 rings (SSSR count).